The van der Waals surface area contributed by atoms with Crippen molar-refractivity contribution in [1.82, 2.24) is 14.9 Å². The third-order valence-electron chi connectivity index (χ3n) is 2.63. The van der Waals surface area contributed by atoms with Crippen LogP contribution < -0.4 is 11.1 Å². The normalized spacial score (nSPS) is 12.1. The van der Waals surface area contributed by atoms with Crippen molar-refractivity contribution in [2.75, 3.05) is 0 Å². The molecular weight excluding hydrogens is 204 g/mol. The second-order valence-electron chi connectivity index (χ2n) is 4.73. The minimum Gasteiger partial charge on any atom is -0.368 e. The van der Waals surface area contributed by atoms with Crippen molar-refractivity contribution in [2.45, 2.75) is 45.8 Å². The molecule has 1 aromatic rings. The van der Waals surface area contributed by atoms with Crippen molar-refractivity contribution in [3.8, 4) is 0 Å². The zero-order valence-corrected chi connectivity index (χ0v) is 10.3. The fourth-order valence-corrected chi connectivity index (χ4v) is 1.33. The van der Waals surface area contributed by atoms with Gasteiger partial charge in [0.15, 0.2) is 0 Å². The highest BCUT2D eigenvalue weighted by atomic mass is 16.1. The average Bonchev–Trinajstić information content (AvgIpc) is 2.62. The molecule has 1 rings (SSSR count). The average molecular weight is 224 g/mol. The van der Waals surface area contributed by atoms with Gasteiger partial charge in [-0.25, -0.2) is 4.98 Å². The molecule has 0 saturated carbocycles. The first-order valence-corrected chi connectivity index (χ1v) is 5.40. The zero-order valence-electron chi connectivity index (χ0n) is 10.3. The van der Waals surface area contributed by atoms with Gasteiger partial charge in [0.05, 0.1) is 17.6 Å². The second-order valence-corrected chi connectivity index (χ2v) is 4.73. The molecule has 0 fully saturated rings. The summed E-state index contributed by atoms with van der Waals surface area (Å²) in [6.45, 7) is 8.29. The van der Waals surface area contributed by atoms with Crippen LogP contribution >= 0.6 is 0 Å². The minimum absolute atomic E-state index is 0.357. The summed E-state index contributed by atoms with van der Waals surface area (Å²) in [5, 5.41) is 3.12. The number of aromatic nitrogens is 2. The molecule has 0 aromatic carbocycles. The van der Waals surface area contributed by atoms with Gasteiger partial charge in [-0.2, -0.15) is 0 Å². The van der Waals surface area contributed by atoms with Gasteiger partial charge < -0.3 is 10.3 Å². The van der Waals surface area contributed by atoms with E-state index in [1.165, 1.54) is 0 Å². The molecule has 0 saturated heterocycles. The van der Waals surface area contributed by atoms with Gasteiger partial charge in [0.2, 0.25) is 5.91 Å². The maximum atomic E-state index is 11.1. The second kappa shape index (κ2) is 4.65. The SMILES string of the molecule is CC(C)n1cncc1CNC(C)(C)C(N)=O. The van der Waals surface area contributed by atoms with Gasteiger partial charge in [0.1, 0.15) is 0 Å². The fourth-order valence-electron chi connectivity index (χ4n) is 1.33. The maximum Gasteiger partial charge on any atom is 0.237 e. The van der Waals surface area contributed by atoms with E-state index < -0.39 is 5.54 Å². The van der Waals surface area contributed by atoms with E-state index in [9.17, 15) is 4.79 Å². The molecule has 1 amide bonds. The minimum atomic E-state index is -0.702. The number of hydrogen-bond acceptors (Lipinski definition) is 3. The Hall–Kier alpha value is -1.36. The topological polar surface area (TPSA) is 72.9 Å². The number of imidazole rings is 1. The standard InChI is InChI=1S/C11H20N4O/c1-8(2)15-7-13-5-9(15)6-14-11(3,4)10(12)16/h5,7-8,14H,6H2,1-4H3,(H2,12,16). The predicted molar refractivity (Wildman–Crippen MR) is 62.7 cm³/mol. The van der Waals surface area contributed by atoms with Crippen LogP contribution in [0.15, 0.2) is 12.5 Å². The molecule has 0 bridgehead atoms. The summed E-state index contributed by atoms with van der Waals surface area (Å²) in [6.07, 6.45) is 3.59. The Balaban J connectivity index is 2.68. The molecule has 0 radical (unpaired) electrons. The van der Waals surface area contributed by atoms with Crippen molar-refractivity contribution in [3.05, 3.63) is 18.2 Å². The first-order valence-electron chi connectivity index (χ1n) is 5.40. The summed E-state index contributed by atoms with van der Waals surface area (Å²) in [5.74, 6) is -0.358. The largest absolute Gasteiger partial charge is 0.368 e. The third-order valence-corrected chi connectivity index (χ3v) is 2.63. The lowest BCUT2D eigenvalue weighted by atomic mass is 10.1. The zero-order chi connectivity index (χ0) is 12.3. The van der Waals surface area contributed by atoms with E-state index in [0.29, 0.717) is 12.6 Å². The van der Waals surface area contributed by atoms with Crippen LogP contribution in [0.4, 0.5) is 0 Å². The van der Waals surface area contributed by atoms with Crippen LogP contribution in [0.2, 0.25) is 0 Å². The molecule has 0 unspecified atom stereocenters. The summed E-state index contributed by atoms with van der Waals surface area (Å²) in [5.41, 5.74) is 5.63. The van der Waals surface area contributed by atoms with Crippen LogP contribution in [0.1, 0.15) is 39.4 Å². The summed E-state index contributed by atoms with van der Waals surface area (Å²) < 4.78 is 2.06. The first kappa shape index (κ1) is 12.7. The Morgan fingerprint density at radius 2 is 2.25 bits per heavy atom. The van der Waals surface area contributed by atoms with Crippen molar-refractivity contribution < 1.29 is 4.79 Å². The van der Waals surface area contributed by atoms with E-state index in [0.717, 1.165) is 5.69 Å². The molecule has 1 heterocycles. The molecule has 0 aliphatic carbocycles. The Morgan fingerprint density at radius 3 is 2.75 bits per heavy atom. The van der Waals surface area contributed by atoms with Crippen LogP contribution in [0.3, 0.4) is 0 Å². The van der Waals surface area contributed by atoms with Crippen LogP contribution in [-0.4, -0.2) is 21.0 Å². The smallest absolute Gasteiger partial charge is 0.237 e. The number of primary amides is 1. The lowest BCUT2D eigenvalue weighted by molar-refractivity contribution is -0.123. The van der Waals surface area contributed by atoms with Crippen LogP contribution in [0.25, 0.3) is 0 Å². The summed E-state index contributed by atoms with van der Waals surface area (Å²) in [6, 6.07) is 0.357. The molecule has 1 aromatic heterocycles. The third kappa shape index (κ3) is 2.82. The van der Waals surface area contributed by atoms with Crippen molar-refractivity contribution in [3.63, 3.8) is 0 Å². The van der Waals surface area contributed by atoms with Crippen LogP contribution in [-0.2, 0) is 11.3 Å². The summed E-state index contributed by atoms with van der Waals surface area (Å²) >= 11 is 0. The highest BCUT2D eigenvalue weighted by molar-refractivity contribution is 5.83. The number of nitrogens with one attached hydrogen (secondary N) is 1. The van der Waals surface area contributed by atoms with E-state index in [-0.39, 0.29) is 5.91 Å². The molecule has 3 N–H and O–H groups in total. The number of nitrogens with two attached hydrogens (primary N) is 1. The van der Waals surface area contributed by atoms with Gasteiger partial charge in [-0.15, -0.1) is 0 Å². The van der Waals surface area contributed by atoms with Gasteiger partial charge in [0, 0.05) is 18.8 Å². The Morgan fingerprint density at radius 1 is 1.62 bits per heavy atom. The Kier molecular flexibility index (Phi) is 3.70. The monoisotopic (exact) mass is 224 g/mol. The lowest BCUT2D eigenvalue weighted by Gasteiger charge is -2.23. The van der Waals surface area contributed by atoms with Gasteiger partial charge >= 0.3 is 0 Å². The molecule has 0 atom stereocenters. The molecule has 5 nitrogen and oxygen atoms in total. The fraction of sp³-hybridized carbons (Fsp3) is 0.636. The number of carbonyl (C=O) groups is 1. The summed E-state index contributed by atoms with van der Waals surface area (Å²) in [4.78, 5) is 15.2. The predicted octanol–water partition coefficient (Wildman–Crippen LogP) is 0.818. The van der Waals surface area contributed by atoms with Crippen molar-refractivity contribution in [2.24, 2.45) is 5.73 Å². The Bertz CT molecular complexity index is 368. The van der Waals surface area contributed by atoms with Crippen LogP contribution in [0, 0.1) is 0 Å². The number of rotatable bonds is 5. The highest BCUT2D eigenvalue weighted by Crippen LogP contribution is 2.10. The lowest BCUT2D eigenvalue weighted by Crippen LogP contribution is -2.50. The van der Waals surface area contributed by atoms with Gasteiger partial charge in [-0.3, -0.25) is 10.1 Å². The highest BCUT2D eigenvalue weighted by Gasteiger charge is 2.24. The number of hydrogen-bond donors (Lipinski definition) is 2. The molecule has 0 spiro atoms. The molecule has 0 aliphatic rings. The van der Waals surface area contributed by atoms with Crippen molar-refractivity contribution in [1.29, 1.82) is 0 Å². The van der Waals surface area contributed by atoms with Gasteiger partial charge in [0.25, 0.3) is 0 Å². The molecule has 16 heavy (non-hydrogen) atoms. The van der Waals surface area contributed by atoms with E-state index in [1.54, 1.807) is 26.4 Å². The summed E-state index contributed by atoms with van der Waals surface area (Å²) in [7, 11) is 0. The number of amides is 1. The molecule has 5 heteroatoms. The Labute approximate surface area is 96.0 Å². The van der Waals surface area contributed by atoms with E-state index in [1.807, 2.05) is 0 Å². The number of nitrogens with zero attached hydrogens (tertiary/aromatic N) is 2. The number of carbonyl (C=O) groups excluding carboxylic acids is 1. The van der Waals surface area contributed by atoms with E-state index in [4.69, 9.17) is 5.73 Å². The maximum absolute atomic E-state index is 11.1. The molecule has 90 valence electrons. The quantitative estimate of drug-likeness (QED) is 0.777. The van der Waals surface area contributed by atoms with Crippen LogP contribution in [0.5, 0.6) is 0 Å². The van der Waals surface area contributed by atoms with E-state index >= 15 is 0 Å². The van der Waals surface area contributed by atoms with E-state index in [2.05, 4.69) is 28.7 Å². The van der Waals surface area contributed by atoms with Gasteiger partial charge in [-0.05, 0) is 27.7 Å². The van der Waals surface area contributed by atoms with Gasteiger partial charge in [-0.1, -0.05) is 0 Å². The van der Waals surface area contributed by atoms with Crippen molar-refractivity contribution >= 4 is 5.91 Å². The first-order chi connectivity index (χ1) is 7.34. The molecular formula is C11H20N4O. The molecule has 0 aliphatic heterocycles.